The molecule has 0 radical (unpaired) electrons. The summed E-state index contributed by atoms with van der Waals surface area (Å²) in [5, 5.41) is 3.55. The fourth-order valence-electron chi connectivity index (χ4n) is 5.75. The van der Waals surface area contributed by atoms with E-state index in [1.54, 1.807) is 0 Å². The molecule has 0 saturated heterocycles. The lowest BCUT2D eigenvalue weighted by molar-refractivity contribution is 0.668. The highest BCUT2D eigenvalue weighted by Crippen LogP contribution is 2.37. The monoisotopic (exact) mass is 538 g/mol. The van der Waals surface area contributed by atoms with Crippen LogP contribution in [0.1, 0.15) is 0 Å². The van der Waals surface area contributed by atoms with Crippen molar-refractivity contribution in [3.05, 3.63) is 158 Å². The standard InChI is InChI=1S/C39H26N2O/c1-2-10-33(11-3-1)41(34-20-16-28(17-21-34)31-15-14-27-8-4-5-9-30(27)24-31)35-22-18-29(19-23-35)32-25-38-39(40-26-32)36-12-6-7-13-37(36)42-38/h1-26H. The molecule has 2 aromatic heterocycles. The lowest BCUT2D eigenvalue weighted by Gasteiger charge is -2.26. The molecule has 0 N–H and O–H groups in total. The van der Waals surface area contributed by atoms with Gasteiger partial charge in [0.15, 0.2) is 5.58 Å². The Bertz CT molecular complexity index is 2180. The van der Waals surface area contributed by atoms with Crippen LogP contribution in [-0.4, -0.2) is 4.98 Å². The average Bonchev–Trinajstić information content (AvgIpc) is 3.44. The Balaban J connectivity index is 1.14. The van der Waals surface area contributed by atoms with Crippen molar-refractivity contribution in [1.82, 2.24) is 4.98 Å². The third kappa shape index (κ3) is 4.29. The normalized spacial score (nSPS) is 11.3. The number of hydrogen-bond donors (Lipinski definition) is 0. The number of furan rings is 1. The van der Waals surface area contributed by atoms with Crippen LogP contribution in [0.2, 0.25) is 0 Å². The van der Waals surface area contributed by atoms with Crippen molar-refractivity contribution in [3.63, 3.8) is 0 Å². The Hall–Kier alpha value is -5.67. The minimum atomic E-state index is 0.801. The minimum absolute atomic E-state index is 0.801. The second-order valence-corrected chi connectivity index (χ2v) is 10.5. The number of benzene rings is 6. The van der Waals surface area contributed by atoms with Crippen LogP contribution in [0.5, 0.6) is 0 Å². The number of anilines is 3. The maximum atomic E-state index is 6.08. The molecular weight excluding hydrogens is 512 g/mol. The van der Waals surface area contributed by atoms with Gasteiger partial charge in [-0.1, -0.05) is 91.0 Å². The summed E-state index contributed by atoms with van der Waals surface area (Å²) in [6.45, 7) is 0. The SMILES string of the molecule is c1ccc(N(c2ccc(-c3ccc4ccccc4c3)cc2)c2ccc(-c3cnc4c(c3)oc3ccccc34)cc2)cc1. The second-order valence-electron chi connectivity index (χ2n) is 10.5. The van der Waals surface area contributed by atoms with Gasteiger partial charge >= 0.3 is 0 Å². The topological polar surface area (TPSA) is 29.3 Å². The Morgan fingerprint density at radius 3 is 1.79 bits per heavy atom. The molecule has 6 aromatic carbocycles. The molecule has 0 unspecified atom stereocenters. The predicted molar refractivity (Wildman–Crippen MR) is 175 cm³/mol. The summed E-state index contributed by atoms with van der Waals surface area (Å²) >= 11 is 0. The predicted octanol–water partition coefficient (Wildman–Crippen LogP) is 10.9. The van der Waals surface area contributed by atoms with Crippen molar-refractivity contribution in [3.8, 4) is 22.3 Å². The Kier molecular flexibility index (Phi) is 5.79. The molecule has 0 aliphatic heterocycles. The Morgan fingerprint density at radius 2 is 1.02 bits per heavy atom. The number of nitrogens with zero attached hydrogens (tertiary/aromatic N) is 2. The summed E-state index contributed by atoms with van der Waals surface area (Å²) < 4.78 is 6.08. The van der Waals surface area contributed by atoms with Crippen LogP contribution in [0.4, 0.5) is 17.1 Å². The average molecular weight is 539 g/mol. The number of para-hydroxylation sites is 2. The first-order chi connectivity index (χ1) is 20.8. The van der Waals surface area contributed by atoms with E-state index in [2.05, 4.69) is 138 Å². The molecule has 3 heteroatoms. The van der Waals surface area contributed by atoms with Gasteiger partial charge in [0.1, 0.15) is 11.1 Å². The van der Waals surface area contributed by atoms with Gasteiger partial charge in [0.25, 0.3) is 0 Å². The molecule has 0 amide bonds. The van der Waals surface area contributed by atoms with Gasteiger partial charge < -0.3 is 9.32 Å². The molecule has 198 valence electrons. The second kappa shape index (κ2) is 10.1. The van der Waals surface area contributed by atoms with Crippen molar-refractivity contribution in [2.45, 2.75) is 0 Å². The summed E-state index contributed by atoms with van der Waals surface area (Å²) in [7, 11) is 0. The summed E-state index contributed by atoms with van der Waals surface area (Å²) in [6, 6.07) is 53.2. The van der Waals surface area contributed by atoms with Crippen LogP contribution < -0.4 is 4.90 Å². The van der Waals surface area contributed by atoms with E-state index in [4.69, 9.17) is 9.40 Å². The minimum Gasteiger partial charge on any atom is -0.454 e. The van der Waals surface area contributed by atoms with E-state index in [1.807, 2.05) is 24.4 Å². The zero-order valence-electron chi connectivity index (χ0n) is 22.8. The van der Waals surface area contributed by atoms with Crippen molar-refractivity contribution < 1.29 is 4.42 Å². The lowest BCUT2D eigenvalue weighted by Crippen LogP contribution is -2.09. The van der Waals surface area contributed by atoms with E-state index in [-0.39, 0.29) is 0 Å². The first kappa shape index (κ1) is 24.2. The zero-order chi connectivity index (χ0) is 27.9. The molecular formula is C39H26N2O. The van der Waals surface area contributed by atoms with E-state index in [0.29, 0.717) is 0 Å². The number of rotatable bonds is 5. The van der Waals surface area contributed by atoms with Crippen molar-refractivity contribution in [2.75, 3.05) is 4.90 Å². The summed E-state index contributed by atoms with van der Waals surface area (Å²) in [5.41, 5.74) is 10.4. The van der Waals surface area contributed by atoms with Gasteiger partial charge in [0, 0.05) is 34.2 Å². The first-order valence-corrected chi connectivity index (χ1v) is 14.1. The van der Waals surface area contributed by atoms with Gasteiger partial charge in [0.2, 0.25) is 0 Å². The van der Waals surface area contributed by atoms with Crippen LogP contribution in [0, 0.1) is 0 Å². The van der Waals surface area contributed by atoms with Gasteiger partial charge in [-0.2, -0.15) is 0 Å². The first-order valence-electron chi connectivity index (χ1n) is 14.1. The molecule has 0 spiro atoms. The summed E-state index contributed by atoms with van der Waals surface area (Å²) in [4.78, 5) is 7.03. The molecule has 0 atom stereocenters. The van der Waals surface area contributed by atoms with Crippen molar-refractivity contribution in [1.29, 1.82) is 0 Å². The third-order valence-corrected chi connectivity index (χ3v) is 7.90. The lowest BCUT2D eigenvalue weighted by atomic mass is 10.0. The van der Waals surface area contributed by atoms with Crippen molar-refractivity contribution in [2.24, 2.45) is 0 Å². The highest BCUT2D eigenvalue weighted by atomic mass is 16.3. The largest absolute Gasteiger partial charge is 0.454 e. The van der Waals surface area contributed by atoms with Crippen LogP contribution in [0.3, 0.4) is 0 Å². The van der Waals surface area contributed by atoms with Crippen molar-refractivity contribution >= 4 is 49.9 Å². The van der Waals surface area contributed by atoms with Crippen LogP contribution >= 0.6 is 0 Å². The Morgan fingerprint density at radius 1 is 0.429 bits per heavy atom. The quantitative estimate of drug-likeness (QED) is 0.218. The molecule has 0 aliphatic rings. The molecule has 42 heavy (non-hydrogen) atoms. The maximum Gasteiger partial charge on any atom is 0.154 e. The fourth-order valence-corrected chi connectivity index (χ4v) is 5.75. The number of pyridine rings is 1. The van der Waals surface area contributed by atoms with Gasteiger partial charge in [-0.15, -0.1) is 0 Å². The van der Waals surface area contributed by atoms with Crippen LogP contribution in [0.25, 0.3) is 55.1 Å². The summed E-state index contributed by atoms with van der Waals surface area (Å²) in [5.74, 6) is 0. The molecule has 3 nitrogen and oxygen atoms in total. The van der Waals surface area contributed by atoms with E-state index in [0.717, 1.165) is 50.3 Å². The van der Waals surface area contributed by atoms with Crippen LogP contribution in [-0.2, 0) is 0 Å². The van der Waals surface area contributed by atoms with Crippen LogP contribution in [0.15, 0.2) is 162 Å². The van der Waals surface area contributed by atoms with E-state index in [1.165, 1.54) is 21.9 Å². The fraction of sp³-hybridized carbons (Fsp3) is 0. The Labute approximate surface area is 243 Å². The number of fused-ring (bicyclic) bond motifs is 4. The highest BCUT2D eigenvalue weighted by Gasteiger charge is 2.14. The van der Waals surface area contributed by atoms with Gasteiger partial charge in [-0.25, -0.2) is 0 Å². The van der Waals surface area contributed by atoms with E-state index >= 15 is 0 Å². The highest BCUT2D eigenvalue weighted by molar-refractivity contribution is 6.03. The smallest absolute Gasteiger partial charge is 0.154 e. The molecule has 0 saturated carbocycles. The molecule has 0 bridgehead atoms. The third-order valence-electron chi connectivity index (χ3n) is 7.90. The van der Waals surface area contributed by atoms with Gasteiger partial charge in [-0.05, 0) is 88.1 Å². The molecule has 8 rings (SSSR count). The molecule has 8 aromatic rings. The molecule has 0 aliphatic carbocycles. The summed E-state index contributed by atoms with van der Waals surface area (Å²) in [6.07, 6.45) is 1.93. The number of hydrogen-bond acceptors (Lipinski definition) is 3. The van der Waals surface area contributed by atoms with Gasteiger partial charge in [-0.3, -0.25) is 4.98 Å². The number of aromatic nitrogens is 1. The maximum absolute atomic E-state index is 6.08. The molecule has 0 fully saturated rings. The zero-order valence-corrected chi connectivity index (χ0v) is 22.8. The molecule has 2 heterocycles. The van der Waals surface area contributed by atoms with E-state index in [9.17, 15) is 0 Å². The van der Waals surface area contributed by atoms with Gasteiger partial charge in [0.05, 0.1) is 0 Å². The van der Waals surface area contributed by atoms with E-state index < -0.39 is 0 Å².